The third kappa shape index (κ3) is 3.34. The van der Waals surface area contributed by atoms with Gasteiger partial charge in [0.25, 0.3) is 0 Å². The van der Waals surface area contributed by atoms with E-state index in [9.17, 15) is 18.0 Å². The molecule has 0 saturated heterocycles. The summed E-state index contributed by atoms with van der Waals surface area (Å²) in [6.45, 7) is 0. The van der Waals surface area contributed by atoms with Gasteiger partial charge in [-0.25, -0.2) is 0 Å². The summed E-state index contributed by atoms with van der Waals surface area (Å²) in [5.74, 6) is -0.359. The van der Waals surface area contributed by atoms with E-state index in [0.717, 1.165) is 17.7 Å². The lowest BCUT2D eigenvalue weighted by Gasteiger charge is -2.06. The quantitative estimate of drug-likeness (QED) is 0.638. The number of carbonyl (C=O) groups is 1. The minimum Gasteiger partial charge on any atom is -0.289 e. The Morgan fingerprint density at radius 2 is 1.90 bits per heavy atom. The van der Waals surface area contributed by atoms with Gasteiger partial charge in [-0.2, -0.15) is 18.3 Å². The second-order valence-electron chi connectivity index (χ2n) is 4.22. The van der Waals surface area contributed by atoms with Crippen LogP contribution in [0.5, 0.6) is 0 Å². The first kappa shape index (κ1) is 14.0. The number of hydrogen-bond acceptors (Lipinski definition) is 2. The van der Waals surface area contributed by atoms with E-state index in [1.54, 1.807) is 30.2 Å². The molecule has 0 fully saturated rings. The molecule has 0 spiro atoms. The zero-order valence-electron chi connectivity index (χ0n) is 10.6. The van der Waals surface area contributed by atoms with Crippen LogP contribution in [0, 0.1) is 0 Å². The number of alkyl halides is 3. The lowest BCUT2D eigenvalue weighted by molar-refractivity contribution is -0.137. The number of carbonyl (C=O) groups excluding carboxylic acids is 1. The van der Waals surface area contributed by atoms with Crippen LogP contribution in [0.25, 0.3) is 6.08 Å². The summed E-state index contributed by atoms with van der Waals surface area (Å²) in [6.07, 6.45) is 1.77. The van der Waals surface area contributed by atoms with Gasteiger partial charge < -0.3 is 0 Å². The highest BCUT2D eigenvalue weighted by Crippen LogP contribution is 2.29. The highest BCUT2D eigenvalue weighted by atomic mass is 19.4. The fourth-order valence-electron chi connectivity index (χ4n) is 1.62. The lowest BCUT2D eigenvalue weighted by atomic mass is 10.1. The van der Waals surface area contributed by atoms with Crippen molar-refractivity contribution < 1.29 is 18.0 Å². The van der Waals surface area contributed by atoms with Gasteiger partial charge in [0, 0.05) is 24.4 Å². The second-order valence-corrected chi connectivity index (χ2v) is 4.22. The first-order valence-corrected chi connectivity index (χ1v) is 5.74. The molecule has 0 radical (unpaired) electrons. The molecule has 104 valence electrons. The smallest absolute Gasteiger partial charge is 0.289 e. The van der Waals surface area contributed by atoms with Crippen LogP contribution < -0.4 is 0 Å². The number of aromatic nitrogens is 2. The highest BCUT2D eigenvalue weighted by molar-refractivity contribution is 6.06. The molecule has 0 unspecified atom stereocenters. The maximum Gasteiger partial charge on any atom is 0.416 e. The van der Waals surface area contributed by atoms with Crippen molar-refractivity contribution >= 4 is 11.9 Å². The molecule has 3 nitrogen and oxygen atoms in total. The normalized spacial score (nSPS) is 12.0. The van der Waals surface area contributed by atoms with E-state index in [2.05, 4.69) is 5.10 Å². The van der Waals surface area contributed by atoms with Crippen molar-refractivity contribution in [2.75, 3.05) is 0 Å². The average Bonchev–Trinajstić information content (AvgIpc) is 2.81. The molecule has 1 aromatic heterocycles. The van der Waals surface area contributed by atoms with Gasteiger partial charge in [-0.3, -0.25) is 9.48 Å². The van der Waals surface area contributed by atoms with E-state index in [4.69, 9.17) is 0 Å². The molecule has 20 heavy (non-hydrogen) atoms. The minimum atomic E-state index is -4.40. The van der Waals surface area contributed by atoms with E-state index >= 15 is 0 Å². The summed E-state index contributed by atoms with van der Waals surface area (Å²) in [6, 6.07) is 4.12. The largest absolute Gasteiger partial charge is 0.416 e. The first-order valence-electron chi connectivity index (χ1n) is 5.74. The second kappa shape index (κ2) is 5.32. The summed E-state index contributed by atoms with van der Waals surface area (Å²) in [5, 5.41) is 3.94. The summed E-state index contributed by atoms with van der Waals surface area (Å²) < 4.78 is 38.7. The third-order valence-electron chi connectivity index (χ3n) is 2.65. The summed E-state index contributed by atoms with van der Waals surface area (Å²) >= 11 is 0. The molecule has 2 rings (SSSR count). The van der Waals surface area contributed by atoms with E-state index in [0.29, 0.717) is 0 Å². The number of aryl methyl sites for hydroxylation is 1. The molecular formula is C14H11F3N2O. The van der Waals surface area contributed by atoms with Crippen molar-refractivity contribution in [1.29, 1.82) is 0 Å². The Morgan fingerprint density at radius 3 is 2.40 bits per heavy atom. The summed E-state index contributed by atoms with van der Waals surface area (Å²) in [7, 11) is 1.75. The summed E-state index contributed by atoms with van der Waals surface area (Å²) in [4.78, 5) is 11.8. The van der Waals surface area contributed by atoms with Crippen molar-refractivity contribution in [3.05, 3.63) is 59.4 Å². The Balaban J connectivity index is 2.12. The summed E-state index contributed by atoms with van der Waals surface area (Å²) in [5.41, 5.74) is 0.177. The fourth-order valence-corrected chi connectivity index (χ4v) is 1.62. The minimum absolute atomic E-state index is 0.207. The Morgan fingerprint density at radius 1 is 1.25 bits per heavy atom. The highest BCUT2D eigenvalue weighted by Gasteiger charge is 2.30. The maximum atomic E-state index is 12.4. The van der Waals surface area contributed by atoms with Crippen LogP contribution in [-0.2, 0) is 13.2 Å². The predicted molar refractivity (Wildman–Crippen MR) is 68.0 cm³/mol. The molecule has 2 aromatic rings. The van der Waals surface area contributed by atoms with Gasteiger partial charge in [-0.05, 0) is 24.3 Å². The Kier molecular flexibility index (Phi) is 3.74. The molecule has 0 aliphatic heterocycles. The van der Waals surface area contributed by atoms with Crippen molar-refractivity contribution in [1.82, 2.24) is 9.78 Å². The lowest BCUT2D eigenvalue weighted by Crippen LogP contribution is -2.05. The number of allylic oxidation sites excluding steroid dienone is 1. The van der Waals surface area contributed by atoms with Crippen molar-refractivity contribution in [2.45, 2.75) is 6.18 Å². The van der Waals surface area contributed by atoms with Crippen LogP contribution in [0.1, 0.15) is 21.5 Å². The first-order chi connectivity index (χ1) is 9.36. The number of benzene rings is 1. The molecule has 0 bridgehead atoms. The number of halogens is 3. The number of ketones is 1. The van der Waals surface area contributed by atoms with Crippen LogP contribution in [0.2, 0.25) is 0 Å². The number of nitrogens with zero attached hydrogens (tertiary/aromatic N) is 2. The van der Waals surface area contributed by atoms with Gasteiger partial charge in [-0.15, -0.1) is 0 Å². The molecular weight excluding hydrogens is 269 g/mol. The zero-order chi connectivity index (χ0) is 14.8. The van der Waals surface area contributed by atoms with Crippen LogP contribution >= 0.6 is 0 Å². The molecule has 1 heterocycles. The Labute approximate surface area is 113 Å². The SMILES string of the molecule is Cn1cc(/C=C/C(=O)c2ccc(C(F)(F)F)cc2)cn1. The van der Waals surface area contributed by atoms with Crippen LogP contribution in [0.3, 0.4) is 0 Å². The van der Waals surface area contributed by atoms with E-state index in [1.165, 1.54) is 18.2 Å². The van der Waals surface area contributed by atoms with E-state index in [-0.39, 0.29) is 11.3 Å². The van der Waals surface area contributed by atoms with Crippen LogP contribution in [0.15, 0.2) is 42.7 Å². The zero-order valence-corrected chi connectivity index (χ0v) is 10.6. The molecule has 6 heteroatoms. The fraction of sp³-hybridized carbons (Fsp3) is 0.143. The molecule has 0 N–H and O–H groups in total. The standard InChI is InChI=1S/C14H11F3N2O/c1-19-9-10(8-18-19)2-7-13(20)11-3-5-12(6-4-11)14(15,16)17/h2-9H,1H3/b7-2+. The molecule has 1 aromatic carbocycles. The molecule has 0 amide bonds. The molecule has 0 aliphatic rings. The van der Waals surface area contributed by atoms with Gasteiger partial charge >= 0.3 is 6.18 Å². The van der Waals surface area contributed by atoms with Crippen molar-refractivity contribution in [3.63, 3.8) is 0 Å². The molecule has 0 aliphatic carbocycles. The van der Waals surface area contributed by atoms with Gasteiger partial charge in [0.05, 0.1) is 11.8 Å². The monoisotopic (exact) mass is 280 g/mol. The van der Waals surface area contributed by atoms with Gasteiger partial charge in [0.1, 0.15) is 0 Å². The molecule has 0 atom stereocenters. The Hall–Kier alpha value is -2.37. The van der Waals surface area contributed by atoms with E-state index < -0.39 is 11.7 Å². The Bertz CT molecular complexity index is 639. The van der Waals surface area contributed by atoms with Gasteiger partial charge in [-0.1, -0.05) is 12.1 Å². The van der Waals surface area contributed by atoms with Crippen LogP contribution in [-0.4, -0.2) is 15.6 Å². The van der Waals surface area contributed by atoms with E-state index in [1.807, 2.05) is 0 Å². The molecule has 0 saturated carbocycles. The third-order valence-corrected chi connectivity index (χ3v) is 2.65. The predicted octanol–water partition coefficient (Wildman–Crippen LogP) is 3.34. The van der Waals surface area contributed by atoms with Gasteiger partial charge in [0.15, 0.2) is 5.78 Å². The number of hydrogen-bond donors (Lipinski definition) is 0. The van der Waals surface area contributed by atoms with Crippen molar-refractivity contribution in [3.8, 4) is 0 Å². The average molecular weight is 280 g/mol. The topological polar surface area (TPSA) is 34.9 Å². The van der Waals surface area contributed by atoms with Gasteiger partial charge in [0.2, 0.25) is 0 Å². The van der Waals surface area contributed by atoms with Crippen LogP contribution in [0.4, 0.5) is 13.2 Å². The number of rotatable bonds is 3. The maximum absolute atomic E-state index is 12.4. The van der Waals surface area contributed by atoms with Crippen molar-refractivity contribution in [2.24, 2.45) is 7.05 Å².